The maximum atomic E-state index is 12.0. The number of amides is 4. The fraction of sp³-hybridized carbons (Fsp3) is 0.727. The van der Waals surface area contributed by atoms with Crippen molar-refractivity contribution >= 4 is 17.8 Å². The standard InChI is InChI=1S/C11H18N4O3/c1-2-3-7(12)8(16)15-5-4-11(6-15)9(17)13-10(18)14-11/h7H,2-6,12H2,1H3,(H2,13,14,17,18). The predicted molar refractivity (Wildman–Crippen MR) is 63.5 cm³/mol. The van der Waals surface area contributed by atoms with Crippen molar-refractivity contribution in [2.45, 2.75) is 37.8 Å². The number of urea groups is 1. The summed E-state index contributed by atoms with van der Waals surface area (Å²) in [4.78, 5) is 36.4. The fourth-order valence-corrected chi connectivity index (χ4v) is 2.48. The molecule has 0 aliphatic carbocycles. The zero-order valence-corrected chi connectivity index (χ0v) is 10.4. The van der Waals surface area contributed by atoms with Gasteiger partial charge >= 0.3 is 6.03 Å². The highest BCUT2D eigenvalue weighted by molar-refractivity contribution is 6.07. The number of hydrogen-bond acceptors (Lipinski definition) is 4. The van der Waals surface area contributed by atoms with Gasteiger partial charge in [0.05, 0.1) is 12.6 Å². The number of likely N-dealkylation sites (tertiary alicyclic amines) is 1. The summed E-state index contributed by atoms with van der Waals surface area (Å²) in [6, 6.07) is -1.02. The molecule has 2 atom stereocenters. The quantitative estimate of drug-likeness (QED) is 0.557. The molecular weight excluding hydrogens is 236 g/mol. The van der Waals surface area contributed by atoms with Crippen molar-refractivity contribution in [1.29, 1.82) is 0 Å². The lowest BCUT2D eigenvalue weighted by Crippen LogP contribution is -2.51. The molecular formula is C11H18N4O3. The number of nitrogens with two attached hydrogens (primary N) is 1. The third-order valence-corrected chi connectivity index (χ3v) is 3.51. The number of carbonyl (C=O) groups excluding carboxylic acids is 3. The van der Waals surface area contributed by atoms with E-state index >= 15 is 0 Å². The van der Waals surface area contributed by atoms with Crippen LogP contribution in [0.15, 0.2) is 0 Å². The maximum Gasteiger partial charge on any atom is 0.322 e. The molecule has 2 unspecified atom stereocenters. The predicted octanol–water partition coefficient (Wildman–Crippen LogP) is -1.08. The summed E-state index contributed by atoms with van der Waals surface area (Å²) in [5.74, 6) is -0.505. The van der Waals surface area contributed by atoms with Crippen LogP contribution in [0, 0.1) is 0 Å². The van der Waals surface area contributed by atoms with Crippen molar-refractivity contribution in [2.24, 2.45) is 5.73 Å². The van der Waals surface area contributed by atoms with Crippen molar-refractivity contribution in [3.8, 4) is 0 Å². The third-order valence-electron chi connectivity index (χ3n) is 3.51. The van der Waals surface area contributed by atoms with E-state index in [0.717, 1.165) is 6.42 Å². The van der Waals surface area contributed by atoms with Crippen LogP contribution < -0.4 is 16.4 Å². The third kappa shape index (κ3) is 2.05. The molecule has 1 spiro atoms. The summed E-state index contributed by atoms with van der Waals surface area (Å²) in [6.07, 6.45) is 1.90. The van der Waals surface area contributed by atoms with Gasteiger partial charge in [0.1, 0.15) is 5.54 Å². The molecule has 0 aromatic rings. The summed E-state index contributed by atoms with van der Waals surface area (Å²) < 4.78 is 0. The molecule has 18 heavy (non-hydrogen) atoms. The van der Waals surface area contributed by atoms with Crippen molar-refractivity contribution in [2.75, 3.05) is 13.1 Å². The van der Waals surface area contributed by atoms with E-state index in [-0.39, 0.29) is 18.4 Å². The number of imide groups is 1. The smallest absolute Gasteiger partial charge is 0.322 e. The van der Waals surface area contributed by atoms with Gasteiger partial charge in [0.2, 0.25) is 5.91 Å². The van der Waals surface area contributed by atoms with E-state index in [1.54, 1.807) is 4.90 Å². The molecule has 2 saturated heterocycles. The van der Waals surface area contributed by atoms with Crippen LogP contribution in [0.1, 0.15) is 26.2 Å². The first-order chi connectivity index (χ1) is 8.48. The van der Waals surface area contributed by atoms with Gasteiger partial charge < -0.3 is 16.0 Å². The summed E-state index contributed by atoms with van der Waals surface area (Å²) in [7, 11) is 0. The van der Waals surface area contributed by atoms with E-state index < -0.39 is 17.6 Å². The van der Waals surface area contributed by atoms with Gasteiger partial charge in [0.25, 0.3) is 5.91 Å². The SMILES string of the molecule is CCCC(N)C(=O)N1CCC2(C1)NC(=O)NC2=O. The van der Waals surface area contributed by atoms with Crippen LogP contribution in [-0.4, -0.2) is 47.4 Å². The average Bonchev–Trinajstić information content (AvgIpc) is 2.84. The fourth-order valence-electron chi connectivity index (χ4n) is 2.48. The Balaban J connectivity index is 2.02. The zero-order valence-electron chi connectivity index (χ0n) is 10.4. The second-order valence-electron chi connectivity index (χ2n) is 4.90. The van der Waals surface area contributed by atoms with Crippen LogP contribution in [-0.2, 0) is 9.59 Å². The first-order valence-electron chi connectivity index (χ1n) is 6.16. The Labute approximate surface area is 105 Å². The molecule has 100 valence electrons. The van der Waals surface area contributed by atoms with Crippen LogP contribution in [0.25, 0.3) is 0 Å². The van der Waals surface area contributed by atoms with Gasteiger partial charge in [0, 0.05) is 6.54 Å². The average molecular weight is 254 g/mol. The van der Waals surface area contributed by atoms with E-state index in [9.17, 15) is 14.4 Å². The summed E-state index contributed by atoms with van der Waals surface area (Å²) in [5.41, 5.74) is 4.83. The number of hydrogen-bond donors (Lipinski definition) is 3. The van der Waals surface area contributed by atoms with E-state index in [0.29, 0.717) is 19.4 Å². The number of rotatable bonds is 3. The molecule has 2 heterocycles. The Bertz CT molecular complexity index is 398. The number of nitrogens with one attached hydrogen (secondary N) is 2. The van der Waals surface area contributed by atoms with Crippen molar-refractivity contribution < 1.29 is 14.4 Å². The lowest BCUT2D eigenvalue weighted by Gasteiger charge is -2.23. The monoisotopic (exact) mass is 254 g/mol. The summed E-state index contributed by atoms with van der Waals surface area (Å²) in [5, 5.41) is 4.81. The molecule has 2 fully saturated rings. The first-order valence-corrected chi connectivity index (χ1v) is 6.16. The second kappa shape index (κ2) is 4.56. The van der Waals surface area contributed by atoms with Gasteiger partial charge in [-0.25, -0.2) is 4.79 Å². The normalized spacial score (nSPS) is 28.4. The van der Waals surface area contributed by atoms with Crippen molar-refractivity contribution in [3.63, 3.8) is 0 Å². The Hall–Kier alpha value is -1.63. The van der Waals surface area contributed by atoms with E-state index in [2.05, 4.69) is 10.6 Å². The van der Waals surface area contributed by atoms with E-state index in [1.807, 2.05) is 6.92 Å². The molecule has 0 bridgehead atoms. The highest BCUT2D eigenvalue weighted by atomic mass is 16.2. The minimum Gasteiger partial charge on any atom is -0.338 e. The van der Waals surface area contributed by atoms with Gasteiger partial charge in [-0.2, -0.15) is 0 Å². The molecule has 2 rings (SSSR count). The number of carbonyl (C=O) groups is 3. The minimum absolute atomic E-state index is 0.150. The molecule has 0 saturated carbocycles. The molecule has 2 aliphatic rings. The van der Waals surface area contributed by atoms with Gasteiger partial charge in [-0.15, -0.1) is 0 Å². The van der Waals surface area contributed by atoms with Gasteiger partial charge in [-0.05, 0) is 12.8 Å². The van der Waals surface area contributed by atoms with E-state index in [1.165, 1.54) is 0 Å². The Morgan fingerprint density at radius 3 is 2.83 bits per heavy atom. The molecule has 4 amide bonds. The summed E-state index contributed by atoms with van der Waals surface area (Å²) in [6.45, 7) is 2.62. The van der Waals surface area contributed by atoms with Crippen LogP contribution in [0.3, 0.4) is 0 Å². The van der Waals surface area contributed by atoms with Crippen molar-refractivity contribution in [3.05, 3.63) is 0 Å². The highest BCUT2D eigenvalue weighted by Crippen LogP contribution is 2.25. The minimum atomic E-state index is -0.946. The number of nitrogens with zero attached hydrogens (tertiary/aromatic N) is 1. The molecule has 0 radical (unpaired) electrons. The van der Waals surface area contributed by atoms with Gasteiger partial charge in [0.15, 0.2) is 0 Å². The molecule has 0 aromatic carbocycles. The molecule has 2 aliphatic heterocycles. The Morgan fingerprint density at radius 1 is 1.56 bits per heavy atom. The van der Waals surface area contributed by atoms with Gasteiger partial charge in [-0.1, -0.05) is 13.3 Å². The lowest BCUT2D eigenvalue weighted by atomic mass is 9.99. The lowest BCUT2D eigenvalue weighted by molar-refractivity contribution is -0.132. The largest absolute Gasteiger partial charge is 0.338 e. The van der Waals surface area contributed by atoms with Crippen LogP contribution in [0.4, 0.5) is 4.79 Å². The van der Waals surface area contributed by atoms with Crippen LogP contribution >= 0.6 is 0 Å². The molecule has 0 aromatic heterocycles. The van der Waals surface area contributed by atoms with Crippen LogP contribution in [0.2, 0.25) is 0 Å². The second-order valence-corrected chi connectivity index (χ2v) is 4.90. The maximum absolute atomic E-state index is 12.0. The zero-order chi connectivity index (χ0) is 13.3. The molecule has 7 nitrogen and oxygen atoms in total. The topological polar surface area (TPSA) is 105 Å². The van der Waals surface area contributed by atoms with Gasteiger partial charge in [-0.3, -0.25) is 14.9 Å². The van der Waals surface area contributed by atoms with Crippen LogP contribution in [0.5, 0.6) is 0 Å². The summed E-state index contributed by atoms with van der Waals surface area (Å²) >= 11 is 0. The highest BCUT2D eigenvalue weighted by Gasteiger charge is 2.51. The molecule has 4 N–H and O–H groups in total. The Morgan fingerprint density at radius 2 is 2.28 bits per heavy atom. The Kier molecular flexibility index (Phi) is 3.25. The van der Waals surface area contributed by atoms with Crippen molar-refractivity contribution in [1.82, 2.24) is 15.5 Å². The first kappa shape index (κ1) is 12.8. The molecule has 7 heteroatoms. The van der Waals surface area contributed by atoms with E-state index in [4.69, 9.17) is 5.73 Å².